The lowest BCUT2D eigenvalue weighted by Crippen LogP contribution is -2.31. The number of nitrogens with zero attached hydrogens (tertiary/aromatic N) is 2. The van der Waals surface area contributed by atoms with Crippen LogP contribution in [0.5, 0.6) is 11.5 Å². The zero-order chi connectivity index (χ0) is 28.2. The van der Waals surface area contributed by atoms with E-state index in [0.29, 0.717) is 19.4 Å². The molecule has 4 unspecified atom stereocenters. The van der Waals surface area contributed by atoms with Crippen LogP contribution in [0.15, 0.2) is 90.7 Å². The third-order valence-corrected chi connectivity index (χ3v) is 11.1. The molecule has 2 aliphatic heterocycles. The van der Waals surface area contributed by atoms with Gasteiger partial charge in [0.15, 0.2) is 13.5 Å². The van der Waals surface area contributed by atoms with Crippen LogP contribution >= 0.6 is 0 Å². The second-order valence-corrected chi connectivity index (χ2v) is 13.2. The Kier molecular flexibility index (Phi) is 6.54. The summed E-state index contributed by atoms with van der Waals surface area (Å²) in [5, 5.41) is 0. The number of para-hydroxylation sites is 1. The Morgan fingerprint density at radius 2 is 1.40 bits per heavy atom. The predicted octanol–water partition coefficient (Wildman–Crippen LogP) is 8.61. The Hall–Kier alpha value is -3.66. The first-order chi connectivity index (χ1) is 20.7. The molecule has 0 radical (unpaired) electrons. The first kappa shape index (κ1) is 26.0. The second kappa shape index (κ2) is 10.6. The molecule has 2 heterocycles. The summed E-state index contributed by atoms with van der Waals surface area (Å²) < 4.78 is 12.4. The summed E-state index contributed by atoms with van der Waals surface area (Å²) in [5.74, 6) is 6.90. The summed E-state index contributed by atoms with van der Waals surface area (Å²) in [4.78, 5) is 4.68. The van der Waals surface area contributed by atoms with E-state index in [4.69, 9.17) is 9.47 Å². The number of ether oxygens (including phenoxy) is 2. The van der Waals surface area contributed by atoms with Crippen molar-refractivity contribution in [3.63, 3.8) is 0 Å². The average molecular weight is 559 g/mol. The molecule has 3 fully saturated rings. The molecule has 0 spiro atoms. The molecular formula is C38H42N2O2. The minimum absolute atomic E-state index is 0.619. The Bertz CT molecular complexity index is 1510. The molecule has 3 saturated carbocycles. The number of benzene rings is 3. The van der Waals surface area contributed by atoms with Crippen molar-refractivity contribution in [3.8, 4) is 11.5 Å². The van der Waals surface area contributed by atoms with Gasteiger partial charge in [-0.2, -0.15) is 0 Å². The van der Waals surface area contributed by atoms with Crippen molar-refractivity contribution in [2.45, 2.75) is 64.5 Å². The maximum atomic E-state index is 6.20. The van der Waals surface area contributed by atoms with Gasteiger partial charge in [0.05, 0.1) is 0 Å². The van der Waals surface area contributed by atoms with Crippen LogP contribution in [0.3, 0.4) is 0 Å². The van der Waals surface area contributed by atoms with Gasteiger partial charge >= 0.3 is 0 Å². The van der Waals surface area contributed by atoms with Crippen molar-refractivity contribution < 1.29 is 9.47 Å². The molecule has 8 rings (SSSR count). The molecule has 42 heavy (non-hydrogen) atoms. The van der Waals surface area contributed by atoms with Crippen molar-refractivity contribution in [3.05, 3.63) is 113 Å². The van der Waals surface area contributed by atoms with Gasteiger partial charge in [0.25, 0.3) is 0 Å². The Morgan fingerprint density at radius 1 is 0.738 bits per heavy atom. The van der Waals surface area contributed by atoms with Gasteiger partial charge in [0.1, 0.15) is 11.5 Å². The monoisotopic (exact) mass is 558 g/mol. The van der Waals surface area contributed by atoms with Gasteiger partial charge in [-0.1, -0.05) is 54.6 Å². The second-order valence-electron chi connectivity index (χ2n) is 13.2. The van der Waals surface area contributed by atoms with Crippen molar-refractivity contribution in [1.29, 1.82) is 0 Å². The fraction of sp³-hybridized carbons (Fsp3) is 0.421. The highest BCUT2D eigenvalue weighted by atomic mass is 16.5. The number of fused-ring (bicyclic) bond motifs is 7. The van der Waals surface area contributed by atoms with E-state index in [-0.39, 0.29) is 0 Å². The van der Waals surface area contributed by atoms with Gasteiger partial charge in [0, 0.05) is 35.6 Å². The quantitative estimate of drug-likeness (QED) is 0.293. The smallest absolute Gasteiger partial charge is 0.161 e. The van der Waals surface area contributed by atoms with Crippen LogP contribution in [-0.2, 0) is 13.1 Å². The Balaban J connectivity index is 0.988. The maximum absolute atomic E-state index is 6.20. The molecule has 4 atom stereocenters. The van der Waals surface area contributed by atoms with Crippen LogP contribution in [0.25, 0.3) is 0 Å². The molecule has 2 bridgehead atoms. The van der Waals surface area contributed by atoms with E-state index in [1.54, 1.807) is 5.56 Å². The number of rotatable bonds is 5. The fourth-order valence-electron chi connectivity index (χ4n) is 9.39. The maximum Gasteiger partial charge on any atom is 0.161 e. The molecule has 0 amide bonds. The van der Waals surface area contributed by atoms with Crippen LogP contribution in [0.2, 0.25) is 0 Å². The lowest BCUT2D eigenvalue weighted by Gasteiger charge is -2.32. The Labute approximate surface area is 250 Å². The summed E-state index contributed by atoms with van der Waals surface area (Å²) in [6, 6.07) is 24.9. The predicted molar refractivity (Wildman–Crippen MR) is 169 cm³/mol. The van der Waals surface area contributed by atoms with E-state index in [1.807, 2.05) is 0 Å². The van der Waals surface area contributed by atoms with Gasteiger partial charge in [-0.05, 0) is 117 Å². The van der Waals surface area contributed by atoms with Crippen LogP contribution in [-0.4, -0.2) is 18.4 Å². The topological polar surface area (TPSA) is 24.9 Å². The largest absolute Gasteiger partial charge is 0.473 e. The summed E-state index contributed by atoms with van der Waals surface area (Å²) in [5.41, 5.74) is 8.24. The molecule has 0 aromatic heterocycles. The van der Waals surface area contributed by atoms with Crippen LogP contribution in [0.4, 0.5) is 5.69 Å². The summed E-state index contributed by atoms with van der Waals surface area (Å²) in [6.45, 7) is 7.27. The highest BCUT2D eigenvalue weighted by Gasteiger charge is 2.57. The lowest BCUT2D eigenvalue weighted by atomic mass is 9.82. The molecule has 216 valence electrons. The third-order valence-electron chi connectivity index (χ3n) is 11.1. The average Bonchev–Trinajstić information content (AvgIpc) is 3.75. The highest BCUT2D eigenvalue weighted by molar-refractivity contribution is 5.51. The van der Waals surface area contributed by atoms with E-state index < -0.39 is 0 Å². The van der Waals surface area contributed by atoms with Gasteiger partial charge < -0.3 is 19.3 Å². The van der Waals surface area contributed by atoms with E-state index in [2.05, 4.69) is 109 Å². The normalized spacial score (nSPS) is 29.7. The van der Waals surface area contributed by atoms with Gasteiger partial charge in [-0.3, -0.25) is 0 Å². The minimum atomic E-state index is 0.619. The molecule has 3 aromatic carbocycles. The summed E-state index contributed by atoms with van der Waals surface area (Å²) in [7, 11) is 0. The van der Waals surface area contributed by atoms with Crippen LogP contribution in [0.1, 0.15) is 73.6 Å². The zero-order valence-corrected chi connectivity index (χ0v) is 24.9. The summed E-state index contributed by atoms with van der Waals surface area (Å²) in [6.07, 6.45) is 12.0. The van der Waals surface area contributed by atoms with Crippen molar-refractivity contribution in [1.82, 2.24) is 4.90 Å². The molecule has 3 aliphatic carbocycles. The zero-order valence-electron chi connectivity index (χ0n) is 24.9. The van der Waals surface area contributed by atoms with Crippen molar-refractivity contribution >= 4 is 5.69 Å². The van der Waals surface area contributed by atoms with Gasteiger partial charge in [0.2, 0.25) is 0 Å². The molecule has 0 N–H and O–H groups in total. The first-order valence-electron chi connectivity index (χ1n) is 16.1. The SMILES string of the molecule is CC=CC(=CC)N1COc2ccc(C3CC4C(C3)C3CCC4C3c3ccc4c(c3)CN(c3ccccc3)CO4)cc2C1. The van der Waals surface area contributed by atoms with E-state index in [0.717, 1.165) is 54.2 Å². The van der Waals surface area contributed by atoms with Crippen LogP contribution in [0, 0.1) is 23.7 Å². The van der Waals surface area contributed by atoms with Crippen LogP contribution < -0.4 is 14.4 Å². The van der Waals surface area contributed by atoms with E-state index >= 15 is 0 Å². The highest BCUT2D eigenvalue weighted by Crippen LogP contribution is 2.67. The lowest BCUT2D eigenvalue weighted by molar-refractivity contribution is 0.131. The van der Waals surface area contributed by atoms with Gasteiger partial charge in [-0.25, -0.2) is 0 Å². The number of anilines is 1. The van der Waals surface area contributed by atoms with E-state index in [1.165, 1.54) is 53.8 Å². The van der Waals surface area contributed by atoms with E-state index in [9.17, 15) is 0 Å². The molecule has 4 heteroatoms. The fourth-order valence-corrected chi connectivity index (χ4v) is 9.39. The number of hydrogen-bond acceptors (Lipinski definition) is 4. The third kappa shape index (κ3) is 4.33. The first-order valence-corrected chi connectivity index (χ1v) is 16.1. The number of allylic oxidation sites excluding steroid dienone is 3. The van der Waals surface area contributed by atoms with Crippen molar-refractivity contribution in [2.24, 2.45) is 23.7 Å². The van der Waals surface area contributed by atoms with Crippen molar-refractivity contribution in [2.75, 3.05) is 18.4 Å². The molecule has 3 aromatic rings. The summed E-state index contributed by atoms with van der Waals surface area (Å²) >= 11 is 0. The molecule has 5 aliphatic rings. The minimum Gasteiger partial charge on any atom is -0.473 e. The van der Waals surface area contributed by atoms with Gasteiger partial charge in [-0.15, -0.1) is 0 Å². The molecular weight excluding hydrogens is 516 g/mol. The Morgan fingerprint density at radius 3 is 2.12 bits per heavy atom. The molecule has 4 nitrogen and oxygen atoms in total. The number of hydrogen-bond donors (Lipinski definition) is 0. The standard InChI is InChI=1S/C38H42N2O2/c1-3-8-30(4-2)39-21-28-17-25(11-15-36(28)41-23-39)27-19-34-32-13-14-33(35(34)20-27)38(32)26-12-16-37-29(18-26)22-40(24-42-37)31-9-6-5-7-10-31/h3-12,15-18,27,32-35,38H,13-14,19-24H2,1-2H3. The molecule has 0 saturated heterocycles.